The van der Waals surface area contributed by atoms with Crippen LogP contribution in [0.1, 0.15) is 64.7 Å². The molecule has 0 spiro atoms. The van der Waals surface area contributed by atoms with Crippen LogP contribution in [0.2, 0.25) is 0 Å². The van der Waals surface area contributed by atoms with Crippen molar-refractivity contribution < 1.29 is 18.0 Å². The molecule has 2 aliphatic carbocycles. The maximum Gasteiger partial charge on any atom is 0.447 e. The molecule has 0 bridgehead atoms. The first-order valence-corrected chi connectivity index (χ1v) is 9.51. The summed E-state index contributed by atoms with van der Waals surface area (Å²) in [5.74, 6) is -0.195. The van der Waals surface area contributed by atoms with E-state index in [2.05, 4.69) is 11.7 Å². The number of nitrogens with zero attached hydrogens (tertiary/aromatic N) is 2. The van der Waals surface area contributed by atoms with E-state index in [9.17, 15) is 13.2 Å². The van der Waals surface area contributed by atoms with Crippen LogP contribution < -0.4 is 0 Å². The maximum absolute atomic E-state index is 12.6. The highest BCUT2D eigenvalue weighted by molar-refractivity contribution is 8.08. The molecule has 0 aromatic carbocycles. The van der Waals surface area contributed by atoms with Gasteiger partial charge in [-0.3, -0.25) is 4.79 Å². The van der Waals surface area contributed by atoms with E-state index >= 15 is 0 Å². The number of hydrogen-bond donors (Lipinski definition) is 0. The predicted octanol–water partition coefficient (Wildman–Crippen LogP) is 2.76. The summed E-state index contributed by atoms with van der Waals surface area (Å²) >= 11 is 0. The van der Waals surface area contributed by atoms with Crippen molar-refractivity contribution in [1.29, 1.82) is 0 Å². The first-order valence-electron chi connectivity index (χ1n) is 7.97. The van der Waals surface area contributed by atoms with Crippen LogP contribution >= 0.6 is 0 Å². The fraction of sp³-hybridized carbons (Fsp3) is 0.867. The Kier molecular flexibility index (Phi) is 5.33. The minimum absolute atomic E-state index is 0.300. The van der Waals surface area contributed by atoms with Crippen LogP contribution in [-0.2, 0) is 14.6 Å². The van der Waals surface area contributed by atoms with Crippen LogP contribution in [0.25, 0.3) is 5.53 Å². The molecule has 2 saturated carbocycles. The lowest BCUT2D eigenvalue weighted by molar-refractivity contribution is -0.121. The molecule has 0 saturated heterocycles. The lowest BCUT2D eigenvalue weighted by atomic mass is 9.81. The topological polar surface area (TPSA) is 87.6 Å². The zero-order valence-electron chi connectivity index (χ0n) is 12.6. The quantitative estimate of drug-likeness (QED) is 0.347. The number of sulfone groups is 1. The Morgan fingerprint density at radius 2 is 1.57 bits per heavy atom. The molecular formula is C15H24N2O3S. The predicted molar refractivity (Wildman–Crippen MR) is 80.5 cm³/mol. The van der Waals surface area contributed by atoms with Crippen LogP contribution in [0.5, 0.6) is 0 Å². The first-order chi connectivity index (χ1) is 9.96. The Morgan fingerprint density at radius 3 is 2.10 bits per heavy atom. The molecule has 2 fully saturated rings. The van der Waals surface area contributed by atoms with Crippen molar-refractivity contribution in [3.63, 3.8) is 0 Å². The standard InChI is InChI=1S/C15H24N2O3S/c1-11-7-9-12(10-8-11)14(18)15(17-16)21(19,20)13-5-3-2-4-6-13/h11-13H,2-10H2,1H3. The van der Waals surface area contributed by atoms with E-state index in [1.807, 2.05) is 0 Å². The lowest BCUT2D eigenvalue weighted by Crippen LogP contribution is -2.39. The van der Waals surface area contributed by atoms with Gasteiger partial charge in [0.1, 0.15) is 0 Å². The molecule has 0 N–H and O–H groups in total. The normalized spacial score (nSPS) is 27.9. The summed E-state index contributed by atoms with van der Waals surface area (Å²) < 4.78 is 25.1. The monoisotopic (exact) mass is 312 g/mol. The summed E-state index contributed by atoms with van der Waals surface area (Å²) in [4.78, 5) is 15.4. The zero-order valence-corrected chi connectivity index (χ0v) is 13.4. The molecular weight excluding hydrogens is 288 g/mol. The van der Waals surface area contributed by atoms with Crippen LogP contribution in [0.15, 0.2) is 0 Å². The van der Waals surface area contributed by atoms with Crippen molar-refractivity contribution in [3.8, 4) is 0 Å². The summed E-state index contributed by atoms with van der Waals surface area (Å²) in [6.45, 7) is 2.14. The fourth-order valence-electron chi connectivity index (χ4n) is 3.48. The summed E-state index contributed by atoms with van der Waals surface area (Å²) in [5.41, 5.74) is 9.13. The third-order valence-electron chi connectivity index (χ3n) is 4.95. The Morgan fingerprint density at radius 1 is 1.00 bits per heavy atom. The molecule has 0 heterocycles. The molecule has 0 aromatic rings. The second-order valence-electron chi connectivity index (χ2n) is 6.53. The van der Waals surface area contributed by atoms with Gasteiger partial charge in [0.05, 0.1) is 5.25 Å². The molecule has 0 aromatic heterocycles. The van der Waals surface area contributed by atoms with Gasteiger partial charge < -0.3 is 5.53 Å². The number of hydrogen-bond acceptors (Lipinski definition) is 3. The second-order valence-corrected chi connectivity index (χ2v) is 8.67. The molecule has 2 aliphatic rings. The van der Waals surface area contributed by atoms with E-state index in [0.717, 1.165) is 32.1 Å². The Bertz CT molecular complexity index is 535. The van der Waals surface area contributed by atoms with Crippen LogP contribution in [0, 0.1) is 11.8 Å². The minimum Gasteiger partial charge on any atom is -0.360 e. The average Bonchev–Trinajstić information content (AvgIpc) is 2.49. The van der Waals surface area contributed by atoms with Gasteiger partial charge in [-0.15, -0.1) is 4.79 Å². The number of Topliss-reactive ketones (excluding diaryl/α,β-unsaturated/α-hetero) is 1. The third-order valence-corrected chi connectivity index (χ3v) is 7.12. The van der Waals surface area contributed by atoms with E-state index in [4.69, 9.17) is 5.53 Å². The summed E-state index contributed by atoms with van der Waals surface area (Å²) in [6, 6.07) is 0. The van der Waals surface area contributed by atoms with Crippen molar-refractivity contribution in [1.82, 2.24) is 0 Å². The summed E-state index contributed by atoms with van der Waals surface area (Å²) in [6.07, 6.45) is 7.13. The van der Waals surface area contributed by atoms with Crippen LogP contribution in [-0.4, -0.2) is 29.3 Å². The van der Waals surface area contributed by atoms with Crippen molar-refractivity contribution in [2.24, 2.45) is 11.8 Å². The fourth-order valence-corrected chi connectivity index (χ4v) is 5.31. The van der Waals surface area contributed by atoms with Gasteiger partial charge in [0.2, 0.25) is 0 Å². The SMILES string of the molecule is CC1CCC(C(=O)C(=[N+]=[N-])S(=O)(=O)C2CCCCC2)CC1. The molecule has 0 atom stereocenters. The molecule has 21 heavy (non-hydrogen) atoms. The molecule has 0 unspecified atom stereocenters. The molecule has 2 rings (SSSR count). The molecule has 5 nitrogen and oxygen atoms in total. The van der Waals surface area contributed by atoms with Gasteiger partial charge in [0.15, 0.2) is 0 Å². The largest absolute Gasteiger partial charge is 0.447 e. The maximum atomic E-state index is 12.6. The molecule has 0 aliphatic heterocycles. The van der Waals surface area contributed by atoms with Crippen LogP contribution in [0.3, 0.4) is 0 Å². The highest BCUT2D eigenvalue weighted by Crippen LogP contribution is 2.31. The molecule has 0 radical (unpaired) electrons. The number of carbonyl (C=O) groups is 1. The van der Waals surface area contributed by atoms with E-state index in [1.54, 1.807) is 0 Å². The lowest BCUT2D eigenvalue weighted by Gasteiger charge is -2.24. The summed E-state index contributed by atoms with van der Waals surface area (Å²) in [7, 11) is -3.79. The Balaban J connectivity index is 2.15. The Hall–Kier alpha value is -1.00. The summed E-state index contributed by atoms with van der Waals surface area (Å²) in [5, 5.41) is -1.14. The first kappa shape index (κ1) is 16.4. The molecule has 6 heteroatoms. The van der Waals surface area contributed by atoms with Gasteiger partial charge in [-0.05, 0) is 31.6 Å². The van der Waals surface area contributed by atoms with Gasteiger partial charge in [0.25, 0.3) is 15.6 Å². The van der Waals surface area contributed by atoms with Crippen molar-refractivity contribution >= 4 is 20.7 Å². The number of ketones is 1. The second kappa shape index (κ2) is 6.84. The van der Waals surface area contributed by atoms with Gasteiger partial charge in [-0.2, -0.15) is 0 Å². The third kappa shape index (κ3) is 3.61. The molecule has 118 valence electrons. The van der Waals surface area contributed by atoms with Gasteiger partial charge in [-0.1, -0.05) is 39.0 Å². The smallest absolute Gasteiger partial charge is 0.360 e. The van der Waals surface area contributed by atoms with E-state index in [0.29, 0.717) is 31.6 Å². The van der Waals surface area contributed by atoms with Crippen LogP contribution in [0.4, 0.5) is 0 Å². The van der Waals surface area contributed by atoms with Crippen molar-refractivity contribution in [2.45, 2.75) is 70.0 Å². The number of carbonyl (C=O) groups excluding carboxylic acids is 1. The van der Waals surface area contributed by atoms with E-state index in [1.165, 1.54) is 0 Å². The average molecular weight is 312 g/mol. The minimum atomic E-state index is -3.79. The highest BCUT2D eigenvalue weighted by atomic mass is 32.2. The molecule has 0 amide bonds. The highest BCUT2D eigenvalue weighted by Gasteiger charge is 2.45. The van der Waals surface area contributed by atoms with E-state index < -0.39 is 25.9 Å². The van der Waals surface area contributed by atoms with Crippen molar-refractivity contribution in [3.05, 3.63) is 5.53 Å². The van der Waals surface area contributed by atoms with Gasteiger partial charge in [-0.25, -0.2) is 8.42 Å². The van der Waals surface area contributed by atoms with Crippen molar-refractivity contribution in [2.75, 3.05) is 0 Å². The van der Waals surface area contributed by atoms with Gasteiger partial charge in [0, 0.05) is 5.92 Å². The Labute approximate surface area is 126 Å². The number of rotatable bonds is 3. The van der Waals surface area contributed by atoms with Gasteiger partial charge >= 0.3 is 5.04 Å². The zero-order chi connectivity index (χ0) is 15.5. The van der Waals surface area contributed by atoms with E-state index in [-0.39, 0.29) is 5.92 Å².